The number of nitrogens with one attached hydrogen (secondary N) is 1. The topological polar surface area (TPSA) is 62.5 Å². The van der Waals surface area contributed by atoms with Crippen LogP contribution in [0.5, 0.6) is 0 Å². The molecule has 1 aromatic heterocycles. The highest BCUT2D eigenvalue weighted by atomic mass is 16.3. The van der Waals surface area contributed by atoms with Gasteiger partial charge in [0.05, 0.1) is 12.0 Å². The second-order valence-corrected chi connectivity index (χ2v) is 6.27. The zero-order valence-electron chi connectivity index (χ0n) is 12.0. The summed E-state index contributed by atoms with van der Waals surface area (Å²) in [6, 6.07) is 3.88. The third-order valence-corrected chi connectivity index (χ3v) is 4.19. The molecule has 0 radical (unpaired) electrons. The molecule has 0 saturated heterocycles. The van der Waals surface area contributed by atoms with Crippen LogP contribution in [0.3, 0.4) is 0 Å². The molecule has 1 heterocycles. The molecule has 0 unspecified atom stereocenters. The Bertz CT molecular complexity index is 452. The zero-order chi connectivity index (χ0) is 14.1. The van der Waals surface area contributed by atoms with Gasteiger partial charge < -0.3 is 14.8 Å². The third kappa shape index (κ3) is 2.68. The van der Waals surface area contributed by atoms with E-state index in [4.69, 9.17) is 4.42 Å². The first-order chi connectivity index (χ1) is 8.89. The fraction of sp³-hybridized carbons (Fsp3) is 0.667. The van der Waals surface area contributed by atoms with Crippen LogP contribution >= 0.6 is 0 Å². The number of aliphatic hydroxyl groups excluding tert-OH is 1. The highest BCUT2D eigenvalue weighted by Crippen LogP contribution is 2.40. The van der Waals surface area contributed by atoms with Gasteiger partial charge in [0.15, 0.2) is 0 Å². The van der Waals surface area contributed by atoms with E-state index in [0.29, 0.717) is 6.54 Å². The molecule has 4 heteroatoms. The number of aryl methyl sites for hydroxylation is 1. The molecule has 0 aromatic carbocycles. The standard InChI is InChI=1S/C15H23NO3/c1-11-5-6-12(19-11)14(2,3)9-16-13(18)15(10-17)7-4-8-15/h5-6,17H,4,7-10H2,1-3H3,(H,16,18). The minimum absolute atomic E-state index is 0.0300. The second kappa shape index (κ2) is 5.00. The second-order valence-electron chi connectivity index (χ2n) is 6.27. The van der Waals surface area contributed by atoms with Crippen molar-refractivity contribution in [1.29, 1.82) is 0 Å². The Morgan fingerprint density at radius 1 is 1.47 bits per heavy atom. The Hall–Kier alpha value is -1.29. The third-order valence-electron chi connectivity index (χ3n) is 4.19. The fourth-order valence-corrected chi connectivity index (χ4v) is 2.43. The maximum Gasteiger partial charge on any atom is 0.228 e. The van der Waals surface area contributed by atoms with Crippen LogP contribution in [0.4, 0.5) is 0 Å². The summed E-state index contributed by atoms with van der Waals surface area (Å²) >= 11 is 0. The van der Waals surface area contributed by atoms with Gasteiger partial charge >= 0.3 is 0 Å². The van der Waals surface area contributed by atoms with E-state index in [1.807, 2.05) is 32.9 Å². The minimum Gasteiger partial charge on any atom is -0.466 e. The van der Waals surface area contributed by atoms with E-state index in [1.54, 1.807) is 0 Å². The lowest BCUT2D eigenvalue weighted by molar-refractivity contribution is -0.139. The maximum atomic E-state index is 12.2. The van der Waals surface area contributed by atoms with E-state index in [-0.39, 0.29) is 17.9 Å². The number of furan rings is 1. The molecule has 4 nitrogen and oxygen atoms in total. The number of carbonyl (C=O) groups is 1. The predicted octanol–water partition coefficient (Wildman–Crippen LogP) is 2.14. The highest BCUT2D eigenvalue weighted by molar-refractivity contribution is 5.83. The summed E-state index contributed by atoms with van der Waals surface area (Å²) in [6.07, 6.45) is 2.60. The summed E-state index contributed by atoms with van der Waals surface area (Å²) in [4.78, 5) is 12.2. The van der Waals surface area contributed by atoms with Crippen molar-refractivity contribution < 1.29 is 14.3 Å². The molecule has 1 aromatic rings. The Kier molecular flexibility index (Phi) is 3.72. The number of amides is 1. The summed E-state index contributed by atoms with van der Waals surface area (Å²) < 4.78 is 5.63. The van der Waals surface area contributed by atoms with Gasteiger partial charge in [0.25, 0.3) is 0 Å². The van der Waals surface area contributed by atoms with E-state index in [1.165, 1.54) is 0 Å². The molecule has 1 aliphatic rings. The number of hydrogen-bond acceptors (Lipinski definition) is 3. The van der Waals surface area contributed by atoms with Gasteiger partial charge in [0.2, 0.25) is 5.91 Å². The summed E-state index contributed by atoms with van der Waals surface area (Å²) in [7, 11) is 0. The average Bonchev–Trinajstić information content (AvgIpc) is 2.73. The molecule has 1 fully saturated rings. The molecule has 1 saturated carbocycles. The van der Waals surface area contributed by atoms with E-state index in [2.05, 4.69) is 5.32 Å². The van der Waals surface area contributed by atoms with Crippen LogP contribution in [0, 0.1) is 12.3 Å². The molecule has 19 heavy (non-hydrogen) atoms. The van der Waals surface area contributed by atoms with Gasteiger partial charge in [-0.15, -0.1) is 0 Å². The Morgan fingerprint density at radius 2 is 2.16 bits per heavy atom. The van der Waals surface area contributed by atoms with Gasteiger partial charge in [-0.1, -0.05) is 20.3 Å². The van der Waals surface area contributed by atoms with Crippen molar-refractivity contribution in [3.05, 3.63) is 23.7 Å². The van der Waals surface area contributed by atoms with Crippen LogP contribution in [-0.4, -0.2) is 24.2 Å². The van der Waals surface area contributed by atoms with E-state index in [0.717, 1.165) is 30.8 Å². The van der Waals surface area contributed by atoms with Crippen molar-refractivity contribution in [2.75, 3.05) is 13.2 Å². The first-order valence-corrected chi connectivity index (χ1v) is 6.86. The largest absolute Gasteiger partial charge is 0.466 e. The molecule has 0 bridgehead atoms. The van der Waals surface area contributed by atoms with Gasteiger partial charge in [-0.3, -0.25) is 4.79 Å². The van der Waals surface area contributed by atoms with Crippen molar-refractivity contribution in [1.82, 2.24) is 5.32 Å². The van der Waals surface area contributed by atoms with Crippen molar-refractivity contribution in [3.8, 4) is 0 Å². The van der Waals surface area contributed by atoms with Crippen LogP contribution in [0.25, 0.3) is 0 Å². The summed E-state index contributed by atoms with van der Waals surface area (Å²) in [5, 5.41) is 12.3. The molecule has 1 amide bonds. The van der Waals surface area contributed by atoms with E-state index in [9.17, 15) is 9.90 Å². The molecule has 106 valence electrons. The molecular weight excluding hydrogens is 242 g/mol. The summed E-state index contributed by atoms with van der Waals surface area (Å²) in [6.45, 7) is 6.45. The van der Waals surface area contributed by atoms with Crippen LogP contribution in [-0.2, 0) is 10.2 Å². The van der Waals surface area contributed by atoms with Crippen molar-refractivity contribution in [3.63, 3.8) is 0 Å². The van der Waals surface area contributed by atoms with Gasteiger partial charge in [-0.2, -0.15) is 0 Å². The monoisotopic (exact) mass is 265 g/mol. The maximum absolute atomic E-state index is 12.2. The Labute approximate surface area is 114 Å². The molecule has 1 aliphatic carbocycles. The lowest BCUT2D eigenvalue weighted by Gasteiger charge is -2.39. The molecule has 0 spiro atoms. The van der Waals surface area contributed by atoms with Crippen LogP contribution in [0.15, 0.2) is 16.5 Å². The van der Waals surface area contributed by atoms with Crippen LogP contribution in [0.2, 0.25) is 0 Å². The average molecular weight is 265 g/mol. The highest BCUT2D eigenvalue weighted by Gasteiger charge is 2.43. The van der Waals surface area contributed by atoms with Crippen LogP contribution in [0.1, 0.15) is 44.6 Å². The SMILES string of the molecule is Cc1ccc(C(C)(C)CNC(=O)C2(CO)CCC2)o1. The predicted molar refractivity (Wildman–Crippen MR) is 72.9 cm³/mol. The number of aliphatic hydroxyl groups is 1. The lowest BCUT2D eigenvalue weighted by Crippen LogP contribution is -2.50. The number of hydrogen-bond donors (Lipinski definition) is 2. The fourth-order valence-electron chi connectivity index (χ4n) is 2.43. The van der Waals surface area contributed by atoms with Crippen molar-refractivity contribution >= 4 is 5.91 Å². The number of carbonyl (C=O) groups excluding carboxylic acids is 1. The zero-order valence-corrected chi connectivity index (χ0v) is 12.0. The van der Waals surface area contributed by atoms with E-state index < -0.39 is 5.41 Å². The first kappa shape index (κ1) is 14.1. The van der Waals surface area contributed by atoms with E-state index >= 15 is 0 Å². The van der Waals surface area contributed by atoms with Gasteiger partial charge in [-0.25, -0.2) is 0 Å². The summed E-state index contributed by atoms with van der Waals surface area (Å²) in [5.74, 6) is 1.72. The van der Waals surface area contributed by atoms with Gasteiger partial charge in [0, 0.05) is 12.0 Å². The molecule has 0 aliphatic heterocycles. The first-order valence-electron chi connectivity index (χ1n) is 6.86. The molecular formula is C15H23NO3. The quantitative estimate of drug-likeness (QED) is 0.857. The van der Waals surface area contributed by atoms with Crippen LogP contribution < -0.4 is 5.32 Å². The van der Waals surface area contributed by atoms with Gasteiger partial charge in [-0.05, 0) is 31.9 Å². The number of rotatable bonds is 5. The molecule has 0 atom stereocenters. The smallest absolute Gasteiger partial charge is 0.228 e. The Balaban J connectivity index is 1.96. The molecule has 2 rings (SSSR count). The van der Waals surface area contributed by atoms with Crippen molar-refractivity contribution in [2.45, 2.75) is 45.4 Å². The normalized spacial score (nSPS) is 17.9. The lowest BCUT2D eigenvalue weighted by atomic mass is 9.68. The Morgan fingerprint density at radius 3 is 2.58 bits per heavy atom. The molecule has 2 N–H and O–H groups in total. The minimum atomic E-state index is -0.533. The van der Waals surface area contributed by atoms with Crippen molar-refractivity contribution in [2.24, 2.45) is 5.41 Å². The summed E-state index contributed by atoms with van der Waals surface area (Å²) in [5.41, 5.74) is -0.778. The van der Waals surface area contributed by atoms with Gasteiger partial charge in [0.1, 0.15) is 11.5 Å².